The smallest absolute Gasteiger partial charge is 0.305 e. The van der Waals surface area contributed by atoms with Crippen LogP contribution in [-0.4, -0.2) is 42.6 Å². The lowest BCUT2D eigenvalue weighted by Crippen LogP contribution is -2.26. The van der Waals surface area contributed by atoms with Crippen molar-refractivity contribution in [1.82, 2.24) is 5.32 Å². The number of carbonyl (C=O) groups is 3. The number of benzene rings is 1. The molecule has 0 atom stereocenters. The Labute approximate surface area is 122 Å². The van der Waals surface area contributed by atoms with Gasteiger partial charge in [0.1, 0.15) is 6.61 Å². The van der Waals surface area contributed by atoms with Gasteiger partial charge in [0.05, 0.1) is 6.42 Å². The molecule has 21 heavy (non-hydrogen) atoms. The van der Waals surface area contributed by atoms with E-state index < -0.39 is 5.97 Å². The predicted octanol–water partition coefficient (Wildman–Crippen LogP) is 0.866. The van der Waals surface area contributed by atoms with Gasteiger partial charge in [-0.25, -0.2) is 0 Å². The minimum Gasteiger partial charge on any atom is -0.481 e. The Hall–Kier alpha value is -2.41. The highest BCUT2D eigenvalue weighted by Crippen LogP contribution is 2.09. The summed E-state index contributed by atoms with van der Waals surface area (Å²) in [5.41, 5.74) is 0.949. The first-order valence-electron chi connectivity index (χ1n) is 6.50. The topological polar surface area (TPSA) is 105 Å². The van der Waals surface area contributed by atoms with E-state index in [0.717, 1.165) is 0 Å². The van der Waals surface area contributed by atoms with Gasteiger partial charge in [0, 0.05) is 24.4 Å². The molecule has 1 aromatic rings. The number of amides is 2. The highest BCUT2D eigenvalue weighted by atomic mass is 16.5. The van der Waals surface area contributed by atoms with Gasteiger partial charge >= 0.3 is 5.97 Å². The van der Waals surface area contributed by atoms with Gasteiger partial charge in [0.25, 0.3) is 5.91 Å². The molecule has 0 radical (unpaired) electrons. The van der Waals surface area contributed by atoms with Crippen molar-refractivity contribution in [3.63, 3.8) is 0 Å². The molecule has 0 fully saturated rings. The lowest BCUT2D eigenvalue weighted by molar-refractivity contribution is -0.136. The van der Waals surface area contributed by atoms with E-state index in [-0.39, 0.29) is 31.4 Å². The second-order valence-corrected chi connectivity index (χ2v) is 4.16. The lowest BCUT2D eigenvalue weighted by Gasteiger charge is -2.07. The Kier molecular flexibility index (Phi) is 6.90. The molecule has 0 aromatic heterocycles. The quantitative estimate of drug-likeness (QED) is 0.659. The first kappa shape index (κ1) is 16.6. The van der Waals surface area contributed by atoms with Crippen LogP contribution < -0.4 is 10.6 Å². The molecule has 0 unspecified atom stereocenters. The summed E-state index contributed by atoms with van der Waals surface area (Å²) >= 11 is 0. The van der Waals surface area contributed by atoms with Crippen LogP contribution in [0.5, 0.6) is 0 Å². The van der Waals surface area contributed by atoms with Crippen molar-refractivity contribution in [2.75, 3.05) is 25.1 Å². The summed E-state index contributed by atoms with van der Waals surface area (Å²) in [6.07, 6.45) is -0.128. The number of carboxylic acid groups (broad SMARTS) is 1. The molecule has 0 aliphatic rings. The summed E-state index contributed by atoms with van der Waals surface area (Å²) in [6, 6.07) is 6.28. The standard InChI is InChI=1S/C14H18N2O5/c1-2-21-9-12(17)16-11-5-3-10(4-6-11)14(20)15-8-7-13(18)19/h3-6H,2,7-9H2,1H3,(H,15,20)(H,16,17)(H,18,19). The fraction of sp³-hybridized carbons (Fsp3) is 0.357. The van der Waals surface area contributed by atoms with Crippen molar-refractivity contribution in [3.05, 3.63) is 29.8 Å². The minimum atomic E-state index is -0.970. The van der Waals surface area contributed by atoms with Gasteiger partial charge in [0.2, 0.25) is 5.91 Å². The highest BCUT2D eigenvalue weighted by molar-refractivity contribution is 5.96. The van der Waals surface area contributed by atoms with Gasteiger partial charge < -0.3 is 20.5 Å². The van der Waals surface area contributed by atoms with Gasteiger partial charge in [-0.1, -0.05) is 0 Å². The van der Waals surface area contributed by atoms with Crippen LogP contribution in [0.4, 0.5) is 5.69 Å². The fourth-order valence-electron chi connectivity index (χ4n) is 1.48. The van der Waals surface area contributed by atoms with E-state index in [2.05, 4.69) is 10.6 Å². The number of rotatable bonds is 8. The molecule has 0 heterocycles. The Morgan fingerprint density at radius 1 is 1.19 bits per heavy atom. The predicted molar refractivity (Wildman–Crippen MR) is 76.2 cm³/mol. The average molecular weight is 294 g/mol. The third-order valence-corrected chi connectivity index (χ3v) is 2.49. The summed E-state index contributed by atoms with van der Waals surface area (Å²) in [6.45, 7) is 2.31. The van der Waals surface area contributed by atoms with E-state index in [9.17, 15) is 14.4 Å². The lowest BCUT2D eigenvalue weighted by atomic mass is 10.2. The number of carbonyl (C=O) groups excluding carboxylic acids is 2. The van der Waals surface area contributed by atoms with Gasteiger partial charge in [-0.2, -0.15) is 0 Å². The minimum absolute atomic E-state index is 0.0199. The maximum atomic E-state index is 11.7. The van der Waals surface area contributed by atoms with Crippen molar-refractivity contribution in [2.45, 2.75) is 13.3 Å². The van der Waals surface area contributed by atoms with Crippen molar-refractivity contribution in [1.29, 1.82) is 0 Å². The maximum absolute atomic E-state index is 11.7. The Bertz CT molecular complexity index is 499. The third-order valence-electron chi connectivity index (χ3n) is 2.49. The van der Waals surface area contributed by atoms with E-state index in [1.807, 2.05) is 0 Å². The van der Waals surface area contributed by atoms with Crippen molar-refractivity contribution in [3.8, 4) is 0 Å². The summed E-state index contributed by atoms with van der Waals surface area (Å²) in [5, 5.41) is 13.6. The molecule has 7 heteroatoms. The van der Waals surface area contributed by atoms with E-state index in [4.69, 9.17) is 9.84 Å². The van der Waals surface area contributed by atoms with Crippen LogP contribution in [0.15, 0.2) is 24.3 Å². The number of aliphatic carboxylic acids is 1. The first-order valence-corrected chi connectivity index (χ1v) is 6.50. The molecule has 0 aliphatic carbocycles. The largest absolute Gasteiger partial charge is 0.481 e. The summed E-state index contributed by atoms with van der Waals surface area (Å²) in [4.78, 5) is 33.5. The Morgan fingerprint density at radius 2 is 1.86 bits per heavy atom. The zero-order valence-corrected chi connectivity index (χ0v) is 11.7. The van der Waals surface area contributed by atoms with Gasteiger partial charge in [-0.3, -0.25) is 14.4 Å². The Morgan fingerprint density at radius 3 is 2.43 bits per heavy atom. The maximum Gasteiger partial charge on any atom is 0.305 e. The average Bonchev–Trinajstić information content (AvgIpc) is 2.45. The van der Waals surface area contributed by atoms with Crippen LogP contribution in [0, 0.1) is 0 Å². The number of anilines is 1. The molecule has 1 aromatic carbocycles. The van der Waals surface area contributed by atoms with Crippen LogP contribution in [0.3, 0.4) is 0 Å². The van der Waals surface area contributed by atoms with Crippen molar-refractivity contribution < 1.29 is 24.2 Å². The van der Waals surface area contributed by atoms with Crippen molar-refractivity contribution >= 4 is 23.5 Å². The molecule has 0 aliphatic heterocycles. The summed E-state index contributed by atoms with van der Waals surface area (Å²) in [7, 11) is 0. The normalized spacial score (nSPS) is 9.95. The molecule has 2 amide bonds. The number of hydrogen-bond donors (Lipinski definition) is 3. The molecular formula is C14H18N2O5. The number of nitrogens with one attached hydrogen (secondary N) is 2. The number of carboxylic acids is 1. The molecule has 3 N–H and O–H groups in total. The molecule has 0 saturated carbocycles. The first-order chi connectivity index (χ1) is 10.0. The molecule has 1 rings (SSSR count). The van der Waals surface area contributed by atoms with E-state index in [1.54, 1.807) is 31.2 Å². The highest BCUT2D eigenvalue weighted by Gasteiger charge is 2.07. The second-order valence-electron chi connectivity index (χ2n) is 4.16. The van der Waals surface area contributed by atoms with E-state index in [0.29, 0.717) is 17.9 Å². The molecular weight excluding hydrogens is 276 g/mol. The van der Waals surface area contributed by atoms with Gasteiger partial charge in [0.15, 0.2) is 0 Å². The van der Waals surface area contributed by atoms with Crippen LogP contribution in [0.1, 0.15) is 23.7 Å². The molecule has 0 bridgehead atoms. The van der Waals surface area contributed by atoms with Crippen LogP contribution >= 0.6 is 0 Å². The van der Waals surface area contributed by atoms with Gasteiger partial charge in [-0.05, 0) is 31.2 Å². The summed E-state index contributed by atoms with van der Waals surface area (Å²) in [5.74, 6) is -1.60. The zero-order valence-electron chi connectivity index (χ0n) is 11.7. The number of ether oxygens (including phenoxy) is 1. The second kappa shape index (κ2) is 8.70. The molecule has 7 nitrogen and oxygen atoms in total. The number of hydrogen-bond acceptors (Lipinski definition) is 4. The monoisotopic (exact) mass is 294 g/mol. The zero-order chi connectivity index (χ0) is 15.7. The third kappa shape index (κ3) is 6.53. The fourth-order valence-corrected chi connectivity index (χ4v) is 1.48. The molecule has 0 spiro atoms. The van der Waals surface area contributed by atoms with Crippen LogP contribution in [-0.2, 0) is 14.3 Å². The SMILES string of the molecule is CCOCC(=O)Nc1ccc(C(=O)NCCC(=O)O)cc1. The van der Waals surface area contributed by atoms with Gasteiger partial charge in [-0.15, -0.1) is 0 Å². The molecule has 0 saturated heterocycles. The van der Waals surface area contributed by atoms with Crippen LogP contribution in [0.25, 0.3) is 0 Å². The Balaban J connectivity index is 2.47. The van der Waals surface area contributed by atoms with Crippen molar-refractivity contribution in [2.24, 2.45) is 0 Å². The van der Waals surface area contributed by atoms with Crippen LogP contribution in [0.2, 0.25) is 0 Å². The molecule has 114 valence electrons. The van der Waals surface area contributed by atoms with E-state index in [1.165, 1.54) is 0 Å². The summed E-state index contributed by atoms with van der Waals surface area (Å²) < 4.78 is 4.97. The van der Waals surface area contributed by atoms with E-state index >= 15 is 0 Å².